The molecule has 0 radical (unpaired) electrons. The number of piperazine rings is 1. The number of nitrogens with zero attached hydrogens (tertiary/aromatic N) is 4. The number of rotatable bonds is 12. The Morgan fingerprint density at radius 3 is 2.54 bits per heavy atom. The van der Waals surface area contributed by atoms with Crippen LogP contribution in [0.3, 0.4) is 0 Å². The van der Waals surface area contributed by atoms with Crippen LogP contribution < -0.4 is 10.6 Å². The van der Waals surface area contributed by atoms with Crippen LogP contribution in [0.25, 0.3) is 0 Å². The highest BCUT2D eigenvalue weighted by molar-refractivity contribution is 5.94. The summed E-state index contributed by atoms with van der Waals surface area (Å²) in [6, 6.07) is 16.9. The largest absolute Gasteiger partial charge is 0.425 e. The van der Waals surface area contributed by atoms with E-state index < -0.39 is 23.7 Å². The maximum absolute atomic E-state index is 13.4. The molecule has 0 bridgehead atoms. The number of aromatic nitrogens is 2. The highest BCUT2D eigenvalue weighted by atomic mass is 16.7. The molecule has 7 atom stereocenters. The Morgan fingerprint density at radius 2 is 1.93 bits per heavy atom. The molecule has 6 rings (SSSR count). The molecule has 12 heteroatoms. The average molecular weight is 633 g/mol. The molecule has 3 aromatic rings. The maximum Gasteiger partial charge on any atom is 0.269 e. The highest BCUT2D eigenvalue weighted by Gasteiger charge is 2.42. The quantitative estimate of drug-likeness (QED) is 0.174. The maximum atomic E-state index is 13.4. The summed E-state index contributed by atoms with van der Waals surface area (Å²) >= 11 is 0. The summed E-state index contributed by atoms with van der Waals surface area (Å²) in [5.74, 6) is -0.624. The molecule has 1 aromatic heterocycles. The standard InChI is InChI=1S/C30H37N5O5.C4H7NO/c1-6-24(23-13-8-7-9-14-23)27-29(38)35(17-25(37)31-27)40-21(4)32-30(5,18-36)20(3)28-34-33-26(39-28)16-22-12-10-11-19(2)15-22;1-2-6-4-3-5(1)4/h7-15,18,20-21,24,27,32H,6,16-17H2,1-5H3,(H,31,37);4H,1-3H2/t20?,21?,24?,27?,30-;/m1./s1. The molecule has 0 spiro atoms. The monoisotopic (exact) mass is 632 g/mol. The molecule has 3 aliphatic rings. The van der Waals surface area contributed by atoms with Gasteiger partial charge < -0.3 is 19.3 Å². The summed E-state index contributed by atoms with van der Waals surface area (Å²) in [5.41, 5.74) is 1.98. The number of carbonyl (C=O) groups excluding carboxylic acids is 3. The third kappa shape index (κ3) is 8.05. The van der Waals surface area contributed by atoms with Gasteiger partial charge in [0.25, 0.3) is 5.91 Å². The second-order valence-electron chi connectivity index (χ2n) is 12.4. The molecule has 2 amide bonds. The van der Waals surface area contributed by atoms with E-state index in [0.29, 0.717) is 30.9 Å². The van der Waals surface area contributed by atoms with Crippen molar-refractivity contribution in [3.8, 4) is 0 Å². The number of amides is 2. The minimum Gasteiger partial charge on any atom is -0.425 e. The van der Waals surface area contributed by atoms with Gasteiger partial charge in [-0.3, -0.25) is 24.6 Å². The van der Waals surface area contributed by atoms with Crippen molar-refractivity contribution in [2.75, 3.05) is 26.2 Å². The summed E-state index contributed by atoms with van der Waals surface area (Å²) in [6.45, 7) is 12.3. The molecule has 246 valence electrons. The van der Waals surface area contributed by atoms with Crippen LogP contribution in [0.4, 0.5) is 0 Å². The first kappa shape index (κ1) is 33.4. The number of benzene rings is 2. The molecular weight excluding hydrogens is 588 g/mol. The lowest BCUT2D eigenvalue weighted by Gasteiger charge is -2.38. The third-order valence-corrected chi connectivity index (χ3v) is 8.77. The van der Waals surface area contributed by atoms with E-state index in [1.54, 1.807) is 20.8 Å². The van der Waals surface area contributed by atoms with Crippen molar-refractivity contribution < 1.29 is 28.4 Å². The minimum absolute atomic E-state index is 0.209. The molecule has 4 heterocycles. The number of nitrogens with one attached hydrogen (secondary N) is 2. The van der Waals surface area contributed by atoms with Crippen LogP contribution in [-0.4, -0.2) is 88.5 Å². The Morgan fingerprint density at radius 1 is 1.15 bits per heavy atom. The Hall–Kier alpha value is -3.97. The normalized spacial score (nSPS) is 23.7. The second-order valence-corrected chi connectivity index (χ2v) is 12.4. The fourth-order valence-corrected chi connectivity index (χ4v) is 5.91. The smallest absolute Gasteiger partial charge is 0.269 e. The number of hydroxylamine groups is 2. The number of aldehydes is 1. The van der Waals surface area contributed by atoms with Gasteiger partial charge in [-0.2, -0.15) is 0 Å². The number of ether oxygens (including phenoxy) is 1. The van der Waals surface area contributed by atoms with Gasteiger partial charge in [0.2, 0.25) is 17.7 Å². The van der Waals surface area contributed by atoms with Crippen LogP contribution >= 0.6 is 0 Å². The molecule has 46 heavy (non-hydrogen) atoms. The van der Waals surface area contributed by atoms with Crippen molar-refractivity contribution >= 4 is 18.1 Å². The molecule has 0 saturated carbocycles. The molecule has 3 aliphatic heterocycles. The zero-order chi connectivity index (χ0) is 32.8. The Labute approximate surface area is 269 Å². The number of hydrogen-bond acceptors (Lipinski definition) is 10. The molecule has 3 fully saturated rings. The van der Waals surface area contributed by atoms with Crippen LogP contribution in [0.15, 0.2) is 59.0 Å². The fraction of sp³-hybridized carbons (Fsp3) is 0.500. The van der Waals surface area contributed by atoms with Crippen LogP contribution in [0.1, 0.15) is 74.4 Å². The summed E-state index contributed by atoms with van der Waals surface area (Å²) in [5, 5.41) is 15.4. The summed E-state index contributed by atoms with van der Waals surface area (Å²) in [4.78, 5) is 46.5. The number of carbonyl (C=O) groups is 3. The highest BCUT2D eigenvalue weighted by Crippen LogP contribution is 2.29. The predicted molar refractivity (Wildman–Crippen MR) is 169 cm³/mol. The lowest BCUT2D eigenvalue weighted by molar-refractivity contribution is -0.219. The molecule has 3 saturated heterocycles. The third-order valence-electron chi connectivity index (χ3n) is 8.77. The Kier molecular flexibility index (Phi) is 10.6. The van der Waals surface area contributed by atoms with Gasteiger partial charge in [-0.05, 0) is 38.3 Å². The first-order valence-corrected chi connectivity index (χ1v) is 15.9. The zero-order valence-corrected chi connectivity index (χ0v) is 27.1. The lowest BCUT2D eigenvalue weighted by Crippen LogP contribution is -2.62. The van der Waals surface area contributed by atoms with Gasteiger partial charge in [0.05, 0.1) is 24.5 Å². The molecule has 2 N–H and O–H groups in total. The van der Waals surface area contributed by atoms with Crippen LogP contribution in [0, 0.1) is 6.92 Å². The van der Waals surface area contributed by atoms with Crippen molar-refractivity contribution in [1.29, 1.82) is 0 Å². The first-order chi connectivity index (χ1) is 22.1. The Bertz CT molecular complexity index is 1490. The lowest BCUT2D eigenvalue weighted by atomic mass is 9.87. The molecule has 2 aromatic carbocycles. The van der Waals surface area contributed by atoms with E-state index in [9.17, 15) is 14.4 Å². The van der Waals surface area contributed by atoms with E-state index >= 15 is 0 Å². The number of fused-ring (bicyclic) bond motifs is 1. The molecule has 0 aliphatic carbocycles. The minimum atomic E-state index is -1.16. The molecule has 12 nitrogen and oxygen atoms in total. The van der Waals surface area contributed by atoms with Gasteiger partial charge in [-0.25, -0.2) is 5.06 Å². The van der Waals surface area contributed by atoms with E-state index in [2.05, 4.69) is 31.8 Å². The van der Waals surface area contributed by atoms with E-state index in [4.69, 9.17) is 14.0 Å². The van der Waals surface area contributed by atoms with Crippen molar-refractivity contribution in [3.63, 3.8) is 0 Å². The zero-order valence-electron chi connectivity index (χ0n) is 27.1. The van der Waals surface area contributed by atoms with Crippen molar-refractivity contribution in [2.45, 2.75) is 83.3 Å². The predicted octanol–water partition coefficient (Wildman–Crippen LogP) is 3.08. The van der Waals surface area contributed by atoms with Crippen molar-refractivity contribution in [2.24, 2.45) is 0 Å². The number of morpholine rings is 1. The van der Waals surface area contributed by atoms with Gasteiger partial charge in [-0.15, -0.1) is 10.2 Å². The second kappa shape index (κ2) is 14.6. The molecular formula is C34H44N6O6. The summed E-state index contributed by atoms with van der Waals surface area (Å²) in [7, 11) is 0. The van der Waals surface area contributed by atoms with E-state index in [-0.39, 0.29) is 24.3 Å². The van der Waals surface area contributed by atoms with Crippen molar-refractivity contribution in [3.05, 3.63) is 83.1 Å². The first-order valence-electron chi connectivity index (χ1n) is 15.9. The van der Waals surface area contributed by atoms with Gasteiger partial charge in [0.15, 0.2) is 0 Å². The van der Waals surface area contributed by atoms with Gasteiger partial charge >= 0.3 is 0 Å². The molecule has 6 unspecified atom stereocenters. The van der Waals surface area contributed by atoms with E-state index in [0.717, 1.165) is 34.6 Å². The average Bonchev–Trinajstić information content (AvgIpc) is 3.38. The summed E-state index contributed by atoms with van der Waals surface area (Å²) in [6.07, 6.45) is 1.65. The Balaban J connectivity index is 0.000000612. The van der Waals surface area contributed by atoms with Crippen LogP contribution in [0.2, 0.25) is 0 Å². The van der Waals surface area contributed by atoms with E-state index in [1.807, 2.05) is 62.4 Å². The van der Waals surface area contributed by atoms with Crippen molar-refractivity contribution in [1.82, 2.24) is 30.8 Å². The topological polar surface area (TPSA) is 139 Å². The van der Waals surface area contributed by atoms with Gasteiger partial charge in [0.1, 0.15) is 31.3 Å². The SMILES string of the molecule is C1CN2CC2O1.CCC(c1ccccc1)C1NC(=O)CN(OC(C)N[C@](C)(C=O)C(C)c2nnc(Cc3cccc(C)c3)o2)C1=O. The van der Waals surface area contributed by atoms with Gasteiger partial charge in [-0.1, -0.05) is 74.0 Å². The van der Waals surface area contributed by atoms with Gasteiger partial charge in [0, 0.05) is 19.0 Å². The van der Waals surface area contributed by atoms with Crippen LogP contribution in [-0.2, 0) is 30.4 Å². The number of hydrogen-bond donors (Lipinski definition) is 2. The number of aryl methyl sites for hydroxylation is 1. The fourth-order valence-electron chi connectivity index (χ4n) is 5.91. The summed E-state index contributed by atoms with van der Waals surface area (Å²) < 4.78 is 11.1. The van der Waals surface area contributed by atoms with E-state index in [1.165, 1.54) is 13.1 Å². The van der Waals surface area contributed by atoms with Crippen LogP contribution in [0.5, 0.6) is 0 Å².